The van der Waals surface area contributed by atoms with Gasteiger partial charge < -0.3 is 4.57 Å². The molecule has 0 bridgehead atoms. The second kappa shape index (κ2) is 5.69. The molecular weight excluding hydrogens is 318 g/mol. The number of imidazole rings is 1. The summed E-state index contributed by atoms with van der Waals surface area (Å²) in [6.07, 6.45) is 0. The lowest BCUT2D eigenvalue weighted by Crippen LogP contribution is -1.92. The van der Waals surface area contributed by atoms with E-state index in [1.54, 1.807) is 11.8 Å². The van der Waals surface area contributed by atoms with Gasteiger partial charge in [-0.3, -0.25) is 4.40 Å². The van der Waals surface area contributed by atoms with Crippen molar-refractivity contribution in [3.8, 4) is 6.07 Å². The lowest BCUT2D eigenvalue weighted by Gasteiger charge is -2.10. The summed E-state index contributed by atoms with van der Waals surface area (Å²) in [6, 6.07) is 18.1. The number of nitriles is 1. The van der Waals surface area contributed by atoms with Gasteiger partial charge in [0, 0.05) is 12.3 Å². The smallest absolute Gasteiger partial charge is 0.236 e. The van der Waals surface area contributed by atoms with Gasteiger partial charge in [0.2, 0.25) is 5.78 Å². The minimum absolute atomic E-state index is 0.212. The first-order chi connectivity index (χ1) is 11.7. The third-order valence-corrected chi connectivity index (χ3v) is 5.29. The average Bonchev–Trinajstić information content (AvgIpc) is 3.16. The van der Waals surface area contributed by atoms with E-state index in [1.165, 1.54) is 0 Å². The number of rotatable bonds is 3. The fraction of sp³-hybridized carbons (Fsp3) is 0.167. The van der Waals surface area contributed by atoms with Crippen molar-refractivity contribution in [3.05, 3.63) is 59.7 Å². The van der Waals surface area contributed by atoms with E-state index in [1.807, 2.05) is 43.4 Å². The molecule has 0 saturated heterocycles. The standard InChI is InChI=1S/C18H15N5S/c1-12(14-9-7-13(11-19)8-10-14)24-18-21-20-17-22(2)15-5-3-4-6-16(15)23(17)18/h3-10,12H,1-2H3. The minimum Gasteiger partial charge on any atom is -0.311 e. The molecule has 2 heterocycles. The van der Waals surface area contributed by atoms with Crippen LogP contribution in [0.15, 0.2) is 53.7 Å². The molecule has 5 nitrogen and oxygen atoms in total. The van der Waals surface area contributed by atoms with Crippen LogP contribution in [-0.2, 0) is 7.05 Å². The number of fused-ring (bicyclic) bond motifs is 3. The fourth-order valence-electron chi connectivity index (χ4n) is 2.87. The molecule has 1 unspecified atom stereocenters. The van der Waals surface area contributed by atoms with Crippen LogP contribution >= 0.6 is 11.8 Å². The van der Waals surface area contributed by atoms with E-state index in [0.717, 1.165) is 27.5 Å². The van der Waals surface area contributed by atoms with Crippen LogP contribution in [0.1, 0.15) is 23.3 Å². The van der Waals surface area contributed by atoms with E-state index in [2.05, 4.69) is 44.3 Å². The molecule has 2 aromatic carbocycles. The summed E-state index contributed by atoms with van der Waals surface area (Å²) >= 11 is 1.67. The predicted molar refractivity (Wildman–Crippen MR) is 94.9 cm³/mol. The van der Waals surface area contributed by atoms with Gasteiger partial charge in [0.15, 0.2) is 5.16 Å². The number of aromatic nitrogens is 4. The molecule has 2 aromatic heterocycles. The summed E-state index contributed by atoms with van der Waals surface area (Å²) in [5, 5.41) is 18.7. The van der Waals surface area contributed by atoms with Gasteiger partial charge in [0.25, 0.3) is 0 Å². The second-order valence-electron chi connectivity index (χ2n) is 5.66. The highest BCUT2D eigenvalue weighted by Crippen LogP contribution is 2.35. The minimum atomic E-state index is 0.212. The van der Waals surface area contributed by atoms with Crippen LogP contribution in [0.4, 0.5) is 0 Å². The quantitative estimate of drug-likeness (QED) is 0.533. The molecule has 4 rings (SSSR count). The Balaban J connectivity index is 1.74. The van der Waals surface area contributed by atoms with Crippen molar-refractivity contribution >= 4 is 28.6 Å². The number of thioether (sulfide) groups is 1. The van der Waals surface area contributed by atoms with Gasteiger partial charge in [0.05, 0.1) is 22.7 Å². The third-order valence-electron chi connectivity index (χ3n) is 4.19. The molecule has 0 radical (unpaired) electrons. The molecule has 4 aromatic rings. The summed E-state index contributed by atoms with van der Waals surface area (Å²) in [4.78, 5) is 0. The van der Waals surface area contributed by atoms with Crippen LogP contribution in [0, 0.1) is 11.3 Å². The zero-order valence-corrected chi connectivity index (χ0v) is 14.2. The van der Waals surface area contributed by atoms with Gasteiger partial charge >= 0.3 is 0 Å². The molecule has 0 amide bonds. The van der Waals surface area contributed by atoms with E-state index in [4.69, 9.17) is 5.26 Å². The van der Waals surface area contributed by atoms with E-state index in [-0.39, 0.29) is 5.25 Å². The fourth-order valence-corrected chi connectivity index (χ4v) is 3.85. The monoisotopic (exact) mass is 333 g/mol. The summed E-state index contributed by atoms with van der Waals surface area (Å²) in [5.41, 5.74) is 4.08. The van der Waals surface area contributed by atoms with E-state index in [9.17, 15) is 0 Å². The Morgan fingerprint density at radius 2 is 1.75 bits per heavy atom. The summed E-state index contributed by atoms with van der Waals surface area (Å²) in [7, 11) is 2.00. The van der Waals surface area contributed by atoms with Crippen molar-refractivity contribution in [1.82, 2.24) is 19.2 Å². The van der Waals surface area contributed by atoms with Crippen molar-refractivity contribution in [2.75, 3.05) is 0 Å². The van der Waals surface area contributed by atoms with Gasteiger partial charge in [-0.05, 0) is 36.8 Å². The molecule has 0 aliphatic carbocycles. The zero-order chi connectivity index (χ0) is 16.7. The number of nitrogens with zero attached hydrogens (tertiary/aromatic N) is 5. The summed E-state index contributed by atoms with van der Waals surface area (Å²) in [5.74, 6) is 0.839. The molecule has 0 fully saturated rings. The number of hydrogen-bond acceptors (Lipinski definition) is 4. The van der Waals surface area contributed by atoms with Crippen molar-refractivity contribution < 1.29 is 0 Å². The highest BCUT2D eigenvalue weighted by Gasteiger charge is 2.17. The number of benzene rings is 2. The van der Waals surface area contributed by atoms with Crippen molar-refractivity contribution in [2.45, 2.75) is 17.3 Å². The van der Waals surface area contributed by atoms with Crippen LogP contribution in [0.3, 0.4) is 0 Å². The maximum absolute atomic E-state index is 8.92. The van der Waals surface area contributed by atoms with Gasteiger partial charge in [0.1, 0.15) is 0 Å². The zero-order valence-electron chi connectivity index (χ0n) is 13.3. The number of hydrogen-bond donors (Lipinski definition) is 0. The second-order valence-corrected chi connectivity index (χ2v) is 6.97. The first-order valence-electron chi connectivity index (χ1n) is 7.64. The Kier molecular flexibility index (Phi) is 3.51. The Morgan fingerprint density at radius 3 is 2.46 bits per heavy atom. The van der Waals surface area contributed by atoms with Gasteiger partial charge in [-0.15, -0.1) is 10.2 Å². The summed E-state index contributed by atoms with van der Waals surface area (Å²) in [6.45, 7) is 2.14. The Bertz CT molecular complexity index is 1070. The van der Waals surface area contributed by atoms with Crippen LogP contribution in [0.25, 0.3) is 16.8 Å². The van der Waals surface area contributed by atoms with E-state index >= 15 is 0 Å². The van der Waals surface area contributed by atoms with Crippen molar-refractivity contribution in [2.24, 2.45) is 7.05 Å². The molecule has 24 heavy (non-hydrogen) atoms. The van der Waals surface area contributed by atoms with Crippen molar-refractivity contribution in [3.63, 3.8) is 0 Å². The number of para-hydroxylation sites is 2. The molecule has 0 N–H and O–H groups in total. The normalized spacial score (nSPS) is 12.5. The highest BCUT2D eigenvalue weighted by atomic mass is 32.2. The highest BCUT2D eigenvalue weighted by molar-refractivity contribution is 7.99. The Morgan fingerprint density at radius 1 is 1.04 bits per heavy atom. The van der Waals surface area contributed by atoms with Gasteiger partial charge in [-0.1, -0.05) is 36.0 Å². The van der Waals surface area contributed by atoms with Gasteiger partial charge in [-0.2, -0.15) is 5.26 Å². The van der Waals surface area contributed by atoms with Crippen LogP contribution in [0.5, 0.6) is 0 Å². The first kappa shape index (κ1) is 14.8. The largest absolute Gasteiger partial charge is 0.311 e. The lowest BCUT2D eigenvalue weighted by atomic mass is 10.1. The molecule has 6 heteroatoms. The van der Waals surface area contributed by atoms with Crippen LogP contribution in [-0.4, -0.2) is 19.2 Å². The molecule has 0 spiro atoms. The lowest BCUT2D eigenvalue weighted by molar-refractivity contribution is 0.927. The molecule has 0 aliphatic heterocycles. The van der Waals surface area contributed by atoms with Crippen LogP contribution in [0.2, 0.25) is 0 Å². The average molecular weight is 333 g/mol. The maximum Gasteiger partial charge on any atom is 0.236 e. The molecule has 0 saturated carbocycles. The summed E-state index contributed by atoms with van der Waals surface area (Å²) < 4.78 is 4.15. The Hall–Kier alpha value is -2.78. The van der Waals surface area contributed by atoms with Crippen LogP contribution < -0.4 is 0 Å². The number of aryl methyl sites for hydroxylation is 1. The molecule has 118 valence electrons. The molecular formula is C18H15N5S. The SMILES string of the molecule is CC(Sc1nnc2n(C)c3ccccc3n12)c1ccc(C#N)cc1. The first-order valence-corrected chi connectivity index (χ1v) is 8.52. The predicted octanol–water partition coefficient (Wildman–Crippen LogP) is 3.95. The maximum atomic E-state index is 8.92. The van der Waals surface area contributed by atoms with E-state index in [0.29, 0.717) is 5.56 Å². The molecule has 1 atom stereocenters. The molecule has 0 aliphatic rings. The van der Waals surface area contributed by atoms with Gasteiger partial charge in [-0.25, -0.2) is 0 Å². The topological polar surface area (TPSA) is 58.9 Å². The Labute approximate surface area is 143 Å². The van der Waals surface area contributed by atoms with E-state index < -0.39 is 0 Å². The van der Waals surface area contributed by atoms with Crippen molar-refractivity contribution in [1.29, 1.82) is 5.26 Å². The third kappa shape index (κ3) is 2.25.